The summed E-state index contributed by atoms with van der Waals surface area (Å²) in [5, 5.41) is 10.2. The fourth-order valence-electron chi connectivity index (χ4n) is 1.92. The molecule has 0 radical (unpaired) electrons. The van der Waals surface area contributed by atoms with E-state index in [0.717, 1.165) is 0 Å². The zero-order valence-electron chi connectivity index (χ0n) is 9.87. The predicted molar refractivity (Wildman–Crippen MR) is 67.1 cm³/mol. The molecule has 0 fully saturated rings. The van der Waals surface area contributed by atoms with E-state index < -0.39 is 17.7 Å². The molecule has 1 nitrogen and oxygen atoms in total. The smallest absolute Gasteiger partial charge is 0.166 e. The minimum atomic E-state index is -0.916. The van der Waals surface area contributed by atoms with Crippen molar-refractivity contribution in [1.82, 2.24) is 0 Å². The van der Waals surface area contributed by atoms with Gasteiger partial charge in [-0.05, 0) is 35.6 Å². The average Bonchev–Trinajstić information content (AvgIpc) is 2.37. The largest absolute Gasteiger partial charge is 0.380 e. The van der Waals surface area contributed by atoms with Gasteiger partial charge in [0.15, 0.2) is 11.6 Å². The molecule has 0 heterocycles. The Morgan fingerprint density at radius 3 is 2.67 bits per heavy atom. The molecule has 0 aromatic heterocycles. The van der Waals surface area contributed by atoms with Crippen molar-refractivity contribution in [1.29, 1.82) is 0 Å². The van der Waals surface area contributed by atoms with Gasteiger partial charge in [0.05, 0.1) is 0 Å². The van der Waals surface area contributed by atoms with Crippen LogP contribution in [0.5, 0.6) is 0 Å². The highest BCUT2D eigenvalue weighted by Gasteiger charge is 2.11. The number of aliphatic hydroxyl groups is 1. The van der Waals surface area contributed by atoms with Crippen LogP contribution in [-0.4, -0.2) is 11.2 Å². The van der Waals surface area contributed by atoms with Crippen LogP contribution < -0.4 is 0 Å². The number of hydrogen-bond donors (Lipinski definition) is 1. The van der Waals surface area contributed by atoms with Gasteiger partial charge < -0.3 is 5.11 Å². The normalized spacial score (nSPS) is 12.4. The van der Waals surface area contributed by atoms with Crippen LogP contribution in [0.15, 0.2) is 24.3 Å². The number of fused-ring (bicyclic) bond motifs is 1. The second-order valence-corrected chi connectivity index (χ2v) is 4.26. The van der Waals surface area contributed by atoms with Crippen LogP contribution in [0.25, 0.3) is 10.8 Å². The summed E-state index contributed by atoms with van der Waals surface area (Å²) < 4.78 is 27.2. The van der Waals surface area contributed by atoms with Crippen LogP contribution in [0, 0.1) is 30.9 Å². The van der Waals surface area contributed by atoms with E-state index in [1.54, 1.807) is 18.2 Å². The van der Waals surface area contributed by atoms with Crippen molar-refractivity contribution in [2.75, 3.05) is 0 Å². The molecule has 92 valence electrons. The average molecular weight is 246 g/mol. The Bertz CT molecular complexity index is 641. The van der Waals surface area contributed by atoms with Crippen LogP contribution in [0.3, 0.4) is 0 Å². The Kier molecular flexibility index (Phi) is 3.31. The van der Waals surface area contributed by atoms with E-state index in [1.807, 2.05) is 0 Å². The third-order valence-corrected chi connectivity index (χ3v) is 2.89. The lowest BCUT2D eigenvalue weighted by Crippen LogP contribution is -2.06. The Morgan fingerprint density at radius 2 is 2.00 bits per heavy atom. The maximum atomic E-state index is 13.8. The monoisotopic (exact) mass is 246 g/mol. The van der Waals surface area contributed by atoms with Gasteiger partial charge in [-0.2, -0.15) is 0 Å². The number of rotatable bonds is 2. The molecule has 0 aliphatic rings. The van der Waals surface area contributed by atoms with Gasteiger partial charge >= 0.3 is 0 Å². The first-order valence-electron chi connectivity index (χ1n) is 5.54. The molecule has 18 heavy (non-hydrogen) atoms. The molecule has 0 aliphatic carbocycles. The van der Waals surface area contributed by atoms with Gasteiger partial charge in [0.25, 0.3) is 0 Å². The molecule has 2 rings (SSSR count). The van der Waals surface area contributed by atoms with E-state index in [4.69, 9.17) is 6.42 Å². The predicted octanol–water partition coefficient (Wildman–Crippen LogP) is 2.96. The topological polar surface area (TPSA) is 20.2 Å². The van der Waals surface area contributed by atoms with E-state index in [9.17, 15) is 13.9 Å². The van der Waals surface area contributed by atoms with Crippen molar-refractivity contribution in [3.05, 3.63) is 47.0 Å². The van der Waals surface area contributed by atoms with Crippen molar-refractivity contribution < 1.29 is 13.9 Å². The van der Waals surface area contributed by atoms with E-state index in [-0.39, 0.29) is 17.4 Å². The number of aryl methyl sites for hydroxylation is 1. The molecule has 0 bridgehead atoms. The number of terminal acetylenes is 1. The fourth-order valence-corrected chi connectivity index (χ4v) is 1.92. The van der Waals surface area contributed by atoms with Crippen molar-refractivity contribution in [2.45, 2.75) is 19.4 Å². The molecule has 1 N–H and O–H groups in total. The van der Waals surface area contributed by atoms with Gasteiger partial charge in [-0.15, -0.1) is 6.42 Å². The van der Waals surface area contributed by atoms with E-state index in [2.05, 4.69) is 5.92 Å². The number of halogens is 2. The second-order valence-electron chi connectivity index (χ2n) is 4.26. The van der Waals surface area contributed by atoms with Gasteiger partial charge in [0, 0.05) is 11.8 Å². The molecule has 1 atom stereocenters. The summed E-state index contributed by atoms with van der Waals surface area (Å²) in [4.78, 5) is 0. The Hall–Kier alpha value is -1.92. The first-order chi connectivity index (χ1) is 8.52. The van der Waals surface area contributed by atoms with Gasteiger partial charge in [0.2, 0.25) is 0 Å². The first kappa shape index (κ1) is 12.5. The van der Waals surface area contributed by atoms with Crippen molar-refractivity contribution in [3.8, 4) is 12.3 Å². The van der Waals surface area contributed by atoms with Crippen LogP contribution in [0.1, 0.15) is 11.1 Å². The van der Waals surface area contributed by atoms with Crippen LogP contribution in [-0.2, 0) is 6.42 Å². The van der Waals surface area contributed by atoms with Crippen LogP contribution in [0.4, 0.5) is 8.78 Å². The minimum absolute atomic E-state index is 0.208. The Balaban J connectivity index is 2.55. The fraction of sp³-hybridized carbons (Fsp3) is 0.200. The first-order valence-corrected chi connectivity index (χ1v) is 5.54. The molecule has 2 aromatic rings. The standard InChI is InChI=1S/C15H12F2O/c1-3-12(18)7-10-4-5-11-6-9(2)14(16)15(17)13(11)8-10/h1,4-6,8,12,18H,7H2,2H3. The third kappa shape index (κ3) is 2.20. The summed E-state index contributed by atoms with van der Waals surface area (Å²) in [5.41, 5.74) is 0.950. The van der Waals surface area contributed by atoms with Gasteiger partial charge in [-0.1, -0.05) is 18.1 Å². The highest BCUT2D eigenvalue weighted by Crippen LogP contribution is 2.24. The Morgan fingerprint density at radius 1 is 1.28 bits per heavy atom. The highest BCUT2D eigenvalue weighted by atomic mass is 19.2. The maximum absolute atomic E-state index is 13.8. The van der Waals surface area contributed by atoms with E-state index in [1.165, 1.54) is 13.0 Å². The zero-order chi connectivity index (χ0) is 13.3. The molecule has 0 saturated carbocycles. The molecule has 0 spiro atoms. The molecule has 0 saturated heterocycles. The summed E-state index contributed by atoms with van der Waals surface area (Å²) in [6.07, 6.45) is 4.38. The van der Waals surface area contributed by atoms with Crippen molar-refractivity contribution in [3.63, 3.8) is 0 Å². The quantitative estimate of drug-likeness (QED) is 0.808. The molecule has 2 aromatic carbocycles. The molecular weight excluding hydrogens is 234 g/mol. The summed E-state index contributed by atoms with van der Waals surface area (Å²) in [6, 6.07) is 6.56. The van der Waals surface area contributed by atoms with Crippen LogP contribution in [0.2, 0.25) is 0 Å². The summed E-state index contributed by atoms with van der Waals surface area (Å²) >= 11 is 0. The zero-order valence-corrected chi connectivity index (χ0v) is 9.87. The lowest BCUT2D eigenvalue weighted by Gasteiger charge is -2.08. The minimum Gasteiger partial charge on any atom is -0.380 e. The van der Waals surface area contributed by atoms with E-state index in [0.29, 0.717) is 10.9 Å². The SMILES string of the molecule is C#CC(O)Cc1ccc2cc(C)c(F)c(F)c2c1. The number of hydrogen-bond acceptors (Lipinski definition) is 1. The molecular formula is C15H12F2O. The lowest BCUT2D eigenvalue weighted by atomic mass is 10.0. The Labute approximate surface area is 104 Å². The van der Waals surface area contributed by atoms with Crippen LogP contribution >= 0.6 is 0 Å². The molecule has 1 unspecified atom stereocenters. The molecule has 3 heteroatoms. The summed E-state index contributed by atoms with van der Waals surface area (Å²) in [5.74, 6) is 0.489. The number of benzene rings is 2. The van der Waals surface area contributed by atoms with Gasteiger partial charge in [0.1, 0.15) is 6.10 Å². The van der Waals surface area contributed by atoms with Crippen molar-refractivity contribution in [2.24, 2.45) is 0 Å². The number of aliphatic hydroxyl groups excluding tert-OH is 1. The van der Waals surface area contributed by atoms with E-state index >= 15 is 0 Å². The molecule has 0 amide bonds. The summed E-state index contributed by atoms with van der Waals surface area (Å²) in [7, 11) is 0. The molecule has 0 aliphatic heterocycles. The second kappa shape index (κ2) is 4.75. The van der Waals surface area contributed by atoms with Crippen molar-refractivity contribution >= 4 is 10.8 Å². The maximum Gasteiger partial charge on any atom is 0.166 e. The lowest BCUT2D eigenvalue weighted by molar-refractivity contribution is 0.233. The van der Waals surface area contributed by atoms with Gasteiger partial charge in [-0.25, -0.2) is 8.78 Å². The summed E-state index contributed by atoms with van der Waals surface area (Å²) in [6.45, 7) is 1.52. The third-order valence-electron chi connectivity index (χ3n) is 2.89. The highest BCUT2D eigenvalue weighted by molar-refractivity contribution is 5.84. The van der Waals surface area contributed by atoms with Gasteiger partial charge in [-0.3, -0.25) is 0 Å².